The maximum atomic E-state index is 11.4. The molecule has 1 aliphatic rings. The molecule has 0 aromatic heterocycles. The fourth-order valence-corrected chi connectivity index (χ4v) is 1.29. The topological polar surface area (TPSA) is 84.2 Å². The van der Waals surface area contributed by atoms with Crippen LogP contribution < -0.4 is 16.4 Å². The molecule has 1 saturated heterocycles. The molecule has 4 N–H and O–H groups in total. The van der Waals surface area contributed by atoms with Crippen molar-refractivity contribution in [3.05, 3.63) is 0 Å². The van der Waals surface area contributed by atoms with E-state index in [-0.39, 0.29) is 11.9 Å². The molecule has 5 heteroatoms. The molecule has 0 radical (unpaired) electrons. The molecule has 0 aromatic rings. The van der Waals surface area contributed by atoms with Crippen LogP contribution in [-0.2, 0) is 9.59 Å². The van der Waals surface area contributed by atoms with E-state index in [4.69, 9.17) is 5.73 Å². The first-order valence-electron chi connectivity index (χ1n) is 4.44. The minimum Gasteiger partial charge on any atom is -0.368 e. The molecule has 1 aliphatic heterocycles. The Morgan fingerprint density at radius 1 is 1.62 bits per heavy atom. The maximum absolute atomic E-state index is 11.4. The first-order valence-corrected chi connectivity index (χ1v) is 4.44. The molecule has 2 atom stereocenters. The largest absolute Gasteiger partial charge is 0.368 e. The van der Waals surface area contributed by atoms with E-state index in [0.29, 0.717) is 0 Å². The Labute approximate surface area is 77.1 Å². The van der Waals surface area contributed by atoms with Gasteiger partial charge in [-0.2, -0.15) is 0 Å². The second-order valence-electron chi connectivity index (χ2n) is 3.28. The first kappa shape index (κ1) is 9.98. The van der Waals surface area contributed by atoms with Crippen LogP contribution in [0.1, 0.15) is 19.8 Å². The quantitative estimate of drug-likeness (QED) is 0.512. The summed E-state index contributed by atoms with van der Waals surface area (Å²) in [5, 5.41) is 5.58. The van der Waals surface area contributed by atoms with E-state index in [1.165, 1.54) is 0 Å². The summed E-state index contributed by atoms with van der Waals surface area (Å²) < 4.78 is 0. The fraction of sp³-hybridized carbons (Fsp3) is 0.750. The van der Waals surface area contributed by atoms with Crippen molar-refractivity contribution in [3.63, 3.8) is 0 Å². The molecule has 74 valence electrons. The predicted octanol–water partition coefficient (Wildman–Crippen LogP) is -1.27. The molecule has 0 saturated carbocycles. The van der Waals surface area contributed by atoms with Crippen molar-refractivity contribution < 1.29 is 9.59 Å². The number of carbonyl (C=O) groups excluding carboxylic acids is 2. The van der Waals surface area contributed by atoms with Gasteiger partial charge in [-0.05, 0) is 26.3 Å². The van der Waals surface area contributed by atoms with Gasteiger partial charge >= 0.3 is 0 Å². The average Bonchev–Trinajstić information content (AvgIpc) is 2.55. The number of nitrogens with two attached hydrogens (primary N) is 1. The van der Waals surface area contributed by atoms with E-state index >= 15 is 0 Å². The van der Waals surface area contributed by atoms with Crippen molar-refractivity contribution >= 4 is 11.8 Å². The van der Waals surface area contributed by atoms with Crippen LogP contribution >= 0.6 is 0 Å². The van der Waals surface area contributed by atoms with Crippen LogP contribution in [-0.4, -0.2) is 30.4 Å². The number of hydrogen-bond acceptors (Lipinski definition) is 3. The minimum absolute atomic E-state index is 0.135. The Balaban J connectivity index is 2.35. The smallest absolute Gasteiger partial charge is 0.239 e. The Bertz CT molecular complexity index is 211. The van der Waals surface area contributed by atoms with Gasteiger partial charge < -0.3 is 16.4 Å². The summed E-state index contributed by atoms with van der Waals surface area (Å²) in [4.78, 5) is 22.0. The van der Waals surface area contributed by atoms with E-state index in [0.717, 1.165) is 19.4 Å². The molecule has 1 fully saturated rings. The van der Waals surface area contributed by atoms with Gasteiger partial charge in [0, 0.05) is 0 Å². The Morgan fingerprint density at radius 3 is 2.77 bits per heavy atom. The van der Waals surface area contributed by atoms with Crippen LogP contribution in [0.5, 0.6) is 0 Å². The van der Waals surface area contributed by atoms with E-state index in [1.54, 1.807) is 6.92 Å². The van der Waals surface area contributed by atoms with Crippen LogP contribution in [0, 0.1) is 0 Å². The van der Waals surface area contributed by atoms with Gasteiger partial charge in [0.15, 0.2) is 0 Å². The van der Waals surface area contributed by atoms with Crippen molar-refractivity contribution in [2.24, 2.45) is 5.73 Å². The van der Waals surface area contributed by atoms with Crippen molar-refractivity contribution in [2.45, 2.75) is 31.8 Å². The second kappa shape index (κ2) is 4.23. The molecule has 1 heterocycles. The van der Waals surface area contributed by atoms with E-state index in [9.17, 15) is 9.59 Å². The monoisotopic (exact) mass is 185 g/mol. The highest BCUT2D eigenvalue weighted by Gasteiger charge is 2.23. The summed E-state index contributed by atoms with van der Waals surface area (Å²) in [5.74, 6) is -0.643. The zero-order valence-electron chi connectivity index (χ0n) is 7.67. The van der Waals surface area contributed by atoms with E-state index in [1.807, 2.05) is 0 Å². The van der Waals surface area contributed by atoms with Gasteiger partial charge in [0.1, 0.15) is 6.04 Å². The SMILES string of the molecule is C[C@@H](NC(=O)[C@H]1CCCN1)C(N)=O. The second-order valence-corrected chi connectivity index (χ2v) is 3.28. The molecule has 1 rings (SSSR count). The van der Waals surface area contributed by atoms with Gasteiger partial charge in [-0.1, -0.05) is 0 Å². The van der Waals surface area contributed by atoms with Crippen LogP contribution in [0.15, 0.2) is 0 Å². The third-order valence-corrected chi connectivity index (χ3v) is 2.16. The third kappa shape index (κ3) is 2.69. The molecule has 2 amide bonds. The van der Waals surface area contributed by atoms with Crippen LogP contribution in [0.4, 0.5) is 0 Å². The lowest BCUT2D eigenvalue weighted by molar-refractivity contribution is -0.128. The van der Waals surface area contributed by atoms with Gasteiger partial charge in [0.25, 0.3) is 0 Å². The van der Waals surface area contributed by atoms with Gasteiger partial charge in [0.05, 0.1) is 6.04 Å². The summed E-state index contributed by atoms with van der Waals surface area (Å²) in [6.07, 6.45) is 1.83. The predicted molar refractivity (Wildman–Crippen MR) is 47.8 cm³/mol. The highest BCUT2D eigenvalue weighted by Crippen LogP contribution is 2.04. The fourth-order valence-electron chi connectivity index (χ4n) is 1.29. The van der Waals surface area contributed by atoms with Gasteiger partial charge in [-0.3, -0.25) is 9.59 Å². The number of primary amides is 1. The first-order chi connectivity index (χ1) is 6.11. The summed E-state index contributed by atoms with van der Waals surface area (Å²) in [6.45, 7) is 2.44. The Morgan fingerprint density at radius 2 is 2.31 bits per heavy atom. The normalized spacial score (nSPS) is 23.9. The standard InChI is InChI=1S/C8H15N3O2/c1-5(7(9)12)11-8(13)6-3-2-4-10-6/h5-6,10H,2-4H2,1H3,(H2,9,12)(H,11,13)/t5-,6-/m1/s1. The number of carbonyl (C=O) groups is 2. The molecular weight excluding hydrogens is 170 g/mol. The number of hydrogen-bond donors (Lipinski definition) is 3. The highest BCUT2D eigenvalue weighted by molar-refractivity contribution is 5.88. The third-order valence-electron chi connectivity index (χ3n) is 2.16. The van der Waals surface area contributed by atoms with Crippen molar-refractivity contribution in [2.75, 3.05) is 6.54 Å². The molecule has 0 unspecified atom stereocenters. The van der Waals surface area contributed by atoms with Crippen LogP contribution in [0.3, 0.4) is 0 Å². The van der Waals surface area contributed by atoms with Crippen LogP contribution in [0.25, 0.3) is 0 Å². The maximum Gasteiger partial charge on any atom is 0.239 e. The summed E-state index contributed by atoms with van der Waals surface area (Å²) in [5.41, 5.74) is 5.01. The minimum atomic E-state index is -0.588. The molecular formula is C8H15N3O2. The van der Waals surface area contributed by atoms with Gasteiger partial charge in [-0.25, -0.2) is 0 Å². The van der Waals surface area contributed by atoms with Crippen molar-refractivity contribution in [3.8, 4) is 0 Å². The van der Waals surface area contributed by atoms with Gasteiger partial charge in [0.2, 0.25) is 11.8 Å². The lowest BCUT2D eigenvalue weighted by Gasteiger charge is -2.14. The van der Waals surface area contributed by atoms with Crippen LogP contribution in [0.2, 0.25) is 0 Å². The number of nitrogens with one attached hydrogen (secondary N) is 2. The Kier molecular flexibility index (Phi) is 3.25. The summed E-state index contributed by atoms with van der Waals surface area (Å²) >= 11 is 0. The van der Waals surface area contributed by atoms with E-state index in [2.05, 4.69) is 10.6 Å². The highest BCUT2D eigenvalue weighted by atomic mass is 16.2. The molecule has 13 heavy (non-hydrogen) atoms. The average molecular weight is 185 g/mol. The molecule has 0 bridgehead atoms. The van der Waals surface area contributed by atoms with Crippen molar-refractivity contribution in [1.82, 2.24) is 10.6 Å². The van der Waals surface area contributed by atoms with E-state index < -0.39 is 11.9 Å². The molecule has 0 spiro atoms. The Hall–Kier alpha value is -1.10. The zero-order chi connectivity index (χ0) is 9.84. The lowest BCUT2D eigenvalue weighted by Crippen LogP contribution is -2.48. The number of amides is 2. The molecule has 0 aromatic carbocycles. The van der Waals surface area contributed by atoms with Gasteiger partial charge in [-0.15, -0.1) is 0 Å². The lowest BCUT2D eigenvalue weighted by atomic mass is 10.2. The number of rotatable bonds is 3. The summed E-state index contributed by atoms with van der Waals surface area (Å²) in [6, 6.07) is -0.739. The van der Waals surface area contributed by atoms with Crippen molar-refractivity contribution in [1.29, 1.82) is 0 Å². The molecule has 0 aliphatic carbocycles. The summed E-state index contributed by atoms with van der Waals surface area (Å²) in [7, 11) is 0. The molecule has 5 nitrogen and oxygen atoms in total. The zero-order valence-corrected chi connectivity index (χ0v) is 7.67.